The van der Waals surface area contributed by atoms with Crippen molar-refractivity contribution in [2.24, 2.45) is 46.3 Å². The van der Waals surface area contributed by atoms with Gasteiger partial charge in [0.15, 0.2) is 5.76 Å². The van der Waals surface area contributed by atoms with Crippen LogP contribution in [0.15, 0.2) is 76.8 Å². The van der Waals surface area contributed by atoms with Crippen molar-refractivity contribution in [1.82, 2.24) is 5.16 Å². The van der Waals surface area contributed by atoms with Crippen LogP contribution in [0.25, 0.3) is 11.3 Å². The molecule has 0 bridgehead atoms. The third-order valence-corrected chi connectivity index (χ3v) is 13.8. The second kappa shape index (κ2) is 15.3. The fourth-order valence-electron chi connectivity index (χ4n) is 11.1. The highest BCUT2D eigenvalue weighted by Gasteiger charge is 2.59. The quantitative estimate of drug-likeness (QED) is 0.125. The van der Waals surface area contributed by atoms with Crippen LogP contribution in [0.5, 0.6) is 11.5 Å². The number of para-hydroxylation sites is 1. The lowest BCUT2D eigenvalue weighted by Gasteiger charge is -2.58. The number of benzene rings is 2. The van der Waals surface area contributed by atoms with E-state index in [4.69, 9.17) is 18.7 Å². The Balaban J connectivity index is 0.885. The molecule has 3 aromatic rings. The number of hydrogen-bond donors (Lipinski definition) is 0. The van der Waals surface area contributed by atoms with Crippen molar-refractivity contribution in [3.63, 3.8) is 0 Å². The Hall–Kier alpha value is -3.05. The molecule has 1 aromatic heterocycles. The van der Waals surface area contributed by atoms with Crippen molar-refractivity contribution < 1.29 is 18.7 Å². The highest BCUT2D eigenvalue weighted by molar-refractivity contribution is 5.60. The van der Waals surface area contributed by atoms with E-state index in [1.807, 2.05) is 60.7 Å². The highest BCUT2D eigenvalue weighted by atomic mass is 16.5. The summed E-state index contributed by atoms with van der Waals surface area (Å²) in [5, 5.41) is 4.26. The number of allylic oxidation sites excluding steroid dienone is 1. The molecule has 270 valence electrons. The molecular formula is C45H61NO4. The molecule has 3 saturated carbocycles. The molecule has 4 aliphatic rings. The minimum atomic E-state index is 0.295. The van der Waals surface area contributed by atoms with Crippen molar-refractivity contribution >= 4 is 0 Å². The van der Waals surface area contributed by atoms with Gasteiger partial charge in [-0.2, -0.15) is 0 Å². The monoisotopic (exact) mass is 679 g/mol. The fraction of sp³-hybridized carbons (Fsp3) is 0.622. The zero-order valence-electron chi connectivity index (χ0n) is 31.4. The lowest BCUT2D eigenvalue weighted by atomic mass is 9.47. The van der Waals surface area contributed by atoms with Gasteiger partial charge in [-0.25, -0.2) is 0 Å². The summed E-state index contributed by atoms with van der Waals surface area (Å²) in [5.74, 6) is 7.58. The van der Waals surface area contributed by atoms with Crippen LogP contribution in [0.4, 0.5) is 0 Å². The van der Waals surface area contributed by atoms with Gasteiger partial charge in [-0.3, -0.25) is 0 Å². The second-order valence-electron chi connectivity index (χ2n) is 17.2. The van der Waals surface area contributed by atoms with Crippen molar-refractivity contribution in [2.45, 2.75) is 118 Å². The molecule has 0 unspecified atom stereocenters. The van der Waals surface area contributed by atoms with Gasteiger partial charge in [0.05, 0.1) is 12.7 Å². The Morgan fingerprint density at radius 2 is 1.68 bits per heavy atom. The van der Waals surface area contributed by atoms with Gasteiger partial charge < -0.3 is 18.7 Å². The Kier molecular flexibility index (Phi) is 10.8. The molecule has 4 aliphatic carbocycles. The molecule has 0 spiro atoms. The normalized spacial score (nSPS) is 31.0. The SMILES string of the molecule is CC(C)CCC[C@@H](C)[C@H]1CC[C@H]2[C@@H]3CC=C4C[C@@H](OCCOc5cccc(-c6cc(COc7ccccc7)on6)c5)CC[C@]4(C)[C@H]3CC[C@]12C. The molecule has 0 radical (unpaired) electrons. The van der Waals surface area contributed by atoms with E-state index in [9.17, 15) is 0 Å². The number of rotatable bonds is 14. The molecule has 50 heavy (non-hydrogen) atoms. The lowest BCUT2D eigenvalue weighted by molar-refractivity contribution is -0.0653. The van der Waals surface area contributed by atoms with Crippen LogP contribution in [0.1, 0.15) is 111 Å². The molecule has 1 heterocycles. The Morgan fingerprint density at radius 1 is 0.840 bits per heavy atom. The molecule has 3 fully saturated rings. The van der Waals surface area contributed by atoms with Crippen molar-refractivity contribution in [3.05, 3.63) is 78.1 Å². The molecule has 0 aliphatic heterocycles. The minimum Gasteiger partial charge on any atom is -0.491 e. The average Bonchev–Trinajstić information content (AvgIpc) is 3.74. The number of nitrogens with zero attached hydrogens (tertiary/aromatic N) is 1. The van der Waals surface area contributed by atoms with Gasteiger partial charge in [0.1, 0.15) is 30.4 Å². The first-order valence-electron chi connectivity index (χ1n) is 19.9. The molecule has 0 saturated heterocycles. The summed E-state index contributed by atoms with van der Waals surface area (Å²) in [6.07, 6.45) is 17.8. The van der Waals surface area contributed by atoms with Gasteiger partial charge in [-0.05, 0) is 122 Å². The summed E-state index contributed by atoms with van der Waals surface area (Å²) < 4.78 is 24.0. The van der Waals surface area contributed by atoms with Gasteiger partial charge in [0, 0.05) is 11.6 Å². The van der Waals surface area contributed by atoms with Gasteiger partial charge in [-0.15, -0.1) is 0 Å². The fourth-order valence-corrected chi connectivity index (χ4v) is 11.1. The van der Waals surface area contributed by atoms with Crippen LogP contribution in [-0.2, 0) is 11.3 Å². The zero-order valence-corrected chi connectivity index (χ0v) is 31.4. The summed E-state index contributed by atoms with van der Waals surface area (Å²) in [7, 11) is 0. The first kappa shape index (κ1) is 35.4. The number of hydrogen-bond acceptors (Lipinski definition) is 5. The summed E-state index contributed by atoms with van der Waals surface area (Å²) in [4.78, 5) is 0. The first-order chi connectivity index (χ1) is 24.2. The highest BCUT2D eigenvalue weighted by Crippen LogP contribution is 2.67. The van der Waals surface area contributed by atoms with Gasteiger partial charge in [0.2, 0.25) is 0 Å². The molecule has 0 N–H and O–H groups in total. The molecule has 0 amide bonds. The topological polar surface area (TPSA) is 53.7 Å². The van der Waals surface area contributed by atoms with Crippen LogP contribution in [0, 0.1) is 46.3 Å². The van der Waals surface area contributed by atoms with Gasteiger partial charge in [0.25, 0.3) is 0 Å². The molecule has 2 aromatic carbocycles. The van der Waals surface area contributed by atoms with E-state index in [-0.39, 0.29) is 0 Å². The van der Waals surface area contributed by atoms with E-state index in [1.54, 1.807) is 5.57 Å². The van der Waals surface area contributed by atoms with Crippen LogP contribution >= 0.6 is 0 Å². The maximum atomic E-state index is 6.48. The predicted molar refractivity (Wildman–Crippen MR) is 201 cm³/mol. The van der Waals surface area contributed by atoms with Crippen molar-refractivity contribution in [3.8, 4) is 22.8 Å². The van der Waals surface area contributed by atoms with E-state index in [1.165, 1.54) is 57.8 Å². The van der Waals surface area contributed by atoms with Gasteiger partial charge >= 0.3 is 0 Å². The smallest absolute Gasteiger partial charge is 0.174 e. The maximum Gasteiger partial charge on any atom is 0.174 e. The molecule has 5 nitrogen and oxygen atoms in total. The van der Waals surface area contributed by atoms with Gasteiger partial charge in [-0.1, -0.05) is 101 Å². The third-order valence-electron chi connectivity index (χ3n) is 13.8. The zero-order chi connectivity index (χ0) is 34.7. The minimum absolute atomic E-state index is 0.295. The summed E-state index contributed by atoms with van der Waals surface area (Å²) >= 11 is 0. The lowest BCUT2D eigenvalue weighted by Crippen LogP contribution is -2.51. The Morgan fingerprint density at radius 3 is 2.52 bits per heavy atom. The molecule has 7 rings (SSSR count). The Labute approximate surface area is 301 Å². The molecule has 8 atom stereocenters. The van der Waals surface area contributed by atoms with E-state index in [0.29, 0.717) is 42.5 Å². The average molecular weight is 680 g/mol. The van der Waals surface area contributed by atoms with Crippen molar-refractivity contribution in [2.75, 3.05) is 13.2 Å². The number of fused-ring (bicyclic) bond motifs is 5. The standard InChI is InChI=1S/C45H61NO4/c1-31(2)11-9-12-32(3)40-19-20-41-39-18-17-34-28-37(21-23-44(34,4)42(39)22-24-45(40,41)5)48-26-25-47-36-16-10-13-33(27-36)43-29-38(50-46-43)30-49-35-14-7-6-8-15-35/h6-8,10,13-17,27,29,31-32,37,39-42H,9,11-12,18-26,28,30H2,1-5H3/t32-,37+,39+,40-,41+,42+,44+,45-/m1/s1. The largest absolute Gasteiger partial charge is 0.491 e. The number of aromatic nitrogens is 1. The molecule has 5 heteroatoms. The Bertz CT molecular complexity index is 1580. The maximum absolute atomic E-state index is 6.48. The van der Waals surface area contributed by atoms with Crippen LogP contribution in [-0.4, -0.2) is 24.5 Å². The van der Waals surface area contributed by atoms with Crippen LogP contribution < -0.4 is 9.47 Å². The van der Waals surface area contributed by atoms with Crippen LogP contribution in [0.3, 0.4) is 0 Å². The van der Waals surface area contributed by atoms with Crippen molar-refractivity contribution in [1.29, 1.82) is 0 Å². The summed E-state index contributed by atoms with van der Waals surface area (Å²) in [5.41, 5.74) is 4.34. The van der Waals surface area contributed by atoms with E-state index >= 15 is 0 Å². The van der Waals surface area contributed by atoms with E-state index in [2.05, 4.69) is 45.9 Å². The third kappa shape index (κ3) is 7.45. The summed E-state index contributed by atoms with van der Waals surface area (Å²) in [6.45, 7) is 14.2. The van der Waals surface area contributed by atoms with E-state index < -0.39 is 0 Å². The predicted octanol–water partition coefficient (Wildman–Crippen LogP) is 11.7. The summed E-state index contributed by atoms with van der Waals surface area (Å²) in [6, 6.07) is 19.7. The van der Waals surface area contributed by atoms with Crippen LogP contribution in [0.2, 0.25) is 0 Å². The second-order valence-corrected chi connectivity index (χ2v) is 17.2. The first-order valence-corrected chi connectivity index (χ1v) is 19.9. The number of ether oxygens (including phenoxy) is 3. The van der Waals surface area contributed by atoms with E-state index in [0.717, 1.165) is 71.1 Å². The molecular weight excluding hydrogens is 618 g/mol.